The lowest BCUT2D eigenvalue weighted by Crippen LogP contribution is -2.41. The number of carboxylic acids is 1. The van der Waals surface area contributed by atoms with Crippen LogP contribution in [0.4, 0.5) is 0 Å². The average Bonchev–Trinajstić information content (AvgIpc) is 2.65. The highest BCUT2D eigenvalue weighted by molar-refractivity contribution is 7.99. The predicted molar refractivity (Wildman–Crippen MR) is 93.4 cm³/mol. The van der Waals surface area contributed by atoms with Crippen LogP contribution in [-0.2, 0) is 11.3 Å². The maximum atomic E-state index is 12.3. The van der Waals surface area contributed by atoms with Crippen molar-refractivity contribution in [3.8, 4) is 11.5 Å². The molecule has 1 amide bonds. The third kappa shape index (κ3) is 3.88. The molecule has 2 aromatic carbocycles. The summed E-state index contributed by atoms with van der Waals surface area (Å²) in [5.41, 5.74) is 0.739. The van der Waals surface area contributed by atoms with Crippen LogP contribution in [0.15, 0.2) is 47.4 Å². The maximum absolute atomic E-state index is 12.3. The third-order valence-corrected chi connectivity index (χ3v) is 4.88. The Balaban J connectivity index is 1.63. The van der Waals surface area contributed by atoms with E-state index in [4.69, 9.17) is 9.47 Å². The van der Waals surface area contributed by atoms with Crippen LogP contribution >= 0.6 is 11.8 Å². The number of para-hydroxylation sites is 1. The number of methoxy groups -OCH3 is 1. The van der Waals surface area contributed by atoms with Gasteiger partial charge in [0, 0.05) is 17.2 Å². The molecular weight excluding hydrogens is 342 g/mol. The molecule has 1 aliphatic heterocycles. The molecule has 0 spiro atoms. The minimum Gasteiger partial charge on any atom is -0.496 e. The highest BCUT2D eigenvalue weighted by Crippen LogP contribution is 2.34. The van der Waals surface area contributed by atoms with Crippen molar-refractivity contribution in [2.75, 3.05) is 12.9 Å². The van der Waals surface area contributed by atoms with Gasteiger partial charge in [0.1, 0.15) is 17.1 Å². The number of carboxylic acid groups (broad SMARTS) is 1. The topological polar surface area (TPSA) is 84.9 Å². The molecule has 6 nitrogen and oxygen atoms in total. The second-order valence-corrected chi connectivity index (χ2v) is 6.48. The number of nitrogens with one attached hydrogen (secondary N) is 1. The fraction of sp³-hybridized carbons (Fsp3) is 0.222. The molecule has 1 unspecified atom stereocenters. The monoisotopic (exact) mass is 359 g/mol. The van der Waals surface area contributed by atoms with E-state index in [2.05, 4.69) is 5.32 Å². The Morgan fingerprint density at radius 3 is 2.88 bits per heavy atom. The van der Waals surface area contributed by atoms with Gasteiger partial charge < -0.3 is 19.9 Å². The van der Waals surface area contributed by atoms with E-state index in [0.717, 1.165) is 4.90 Å². The average molecular weight is 359 g/mol. The quantitative estimate of drug-likeness (QED) is 0.853. The maximum Gasteiger partial charge on any atom is 0.339 e. The zero-order valence-corrected chi connectivity index (χ0v) is 14.3. The predicted octanol–water partition coefficient (Wildman–Crippen LogP) is 2.56. The normalized spacial score (nSPS) is 15.6. The molecule has 1 atom stereocenters. The summed E-state index contributed by atoms with van der Waals surface area (Å²) in [7, 11) is 1.42. The molecule has 2 aromatic rings. The Kier molecular flexibility index (Phi) is 5.14. The first kappa shape index (κ1) is 17.2. The number of hydrogen-bond acceptors (Lipinski definition) is 5. The molecule has 0 saturated carbocycles. The molecular formula is C18H17NO5S. The first-order valence-corrected chi connectivity index (χ1v) is 8.63. The van der Waals surface area contributed by atoms with Gasteiger partial charge in [-0.1, -0.05) is 18.2 Å². The molecule has 0 fully saturated rings. The number of hydrogen-bond donors (Lipinski definition) is 2. The number of fused-ring (bicyclic) bond motifs is 1. The Hall–Kier alpha value is -2.67. The van der Waals surface area contributed by atoms with Gasteiger partial charge >= 0.3 is 5.97 Å². The fourth-order valence-corrected chi connectivity index (χ4v) is 3.47. The van der Waals surface area contributed by atoms with Crippen molar-refractivity contribution in [3.63, 3.8) is 0 Å². The lowest BCUT2D eigenvalue weighted by atomic mass is 10.1. The van der Waals surface area contributed by atoms with Crippen LogP contribution in [0.5, 0.6) is 11.5 Å². The van der Waals surface area contributed by atoms with Crippen molar-refractivity contribution in [1.29, 1.82) is 0 Å². The van der Waals surface area contributed by atoms with Crippen molar-refractivity contribution >= 4 is 23.6 Å². The summed E-state index contributed by atoms with van der Waals surface area (Å²) in [4.78, 5) is 24.6. The van der Waals surface area contributed by atoms with Crippen LogP contribution in [0.3, 0.4) is 0 Å². The van der Waals surface area contributed by atoms with Crippen LogP contribution < -0.4 is 14.8 Å². The lowest BCUT2D eigenvalue weighted by molar-refractivity contribution is -0.127. The van der Waals surface area contributed by atoms with Gasteiger partial charge in [0.2, 0.25) is 0 Å². The number of thioether (sulfide) groups is 1. The molecule has 0 aliphatic carbocycles. The number of amides is 1. The smallest absolute Gasteiger partial charge is 0.339 e. The van der Waals surface area contributed by atoms with Gasteiger partial charge in [-0.2, -0.15) is 0 Å². The fourth-order valence-electron chi connectivity index (χ4n) is 2.48. The van der Waals surface area contributed by atoms with Crippen LogP contribution in [0.1, 0.15) is 15.9 Å². The molecule has 2 N–H and O–H groups in total. The van der Waals surface area contributed by atoms with Crippen LogP contribution in [-0.4, -0.2) is 35.9 Å². The minimum absolute atomic E-state index is 0.0626. The van der Waals surface area contributed by atoms with Gasteiger partial charge in [0.25, 0.3) is 5.91 Å². The van der Waals surface area contributed by atoms with E-state index in [1.165, 1.54) is 13.2 Å². The van der Waals surface area contributed by atoms with Gasteiger partial charge in [-0.25, -0.2) is 4.79 Å². The zero-order chi connectivity index (χ0) is 17.8. The molecule has 7 heteroatoms. The third-order valence-electron chi connectivity index (χ3n) is 3.76. The van der Waals surface area contributed by atoms with Gasteiger partial charge in [0.05, 0.1) is 7.11 Å². The SMILES string of the molecule is COc1ccc(CNC(=O)C2CSc3ccccc3O2)cc1C(=O)O. The van der Waals surface area contributed by atoms with Gasteiger partial charge in [-0.05, 0) is 29.8 Å². The molecule has 0 saturated heterocycles. The van der Waals surface area contributed by atoms with Gasteiger partial charge in [-0.3, -0.25) is 4.79 Å². The largest absolute Gasteiger partial charge is 0.496 e. The number of carbonyl (C=O) groups excluding carboxylic acids is 1. The van der Waals surface area contributed by atoms with Crippen molar-refractivity contribution in [3.05, 3.63) is 53.6 Å². The highest BCUT2D eigenvalue weighted by atomic mass is 32.2. The van der Waals surface area contributed by atoms with E-state index >= 15 is 0 Å². The summed E-state index contributed by atoms with van der Waals surface area (Å²) in [6.07, 6.45) is -0.572. The number of benzene rings is 2. The van der Waals surface area contributed by atoms with E-state index in [-0.39, 0.29) is 23.8 Å². The summed E-state index contributed by atoms with van der Waals surface area (Å²) in [6, 6.07) is 12.4. The summed E-state index contributed by atoms with van der Waals surface area (Å²) in [5, 5.41) is 12.0. The second-order valence-electron chi connectivity index (χ2n) is 5.42. The number of aromatic carboxylic acids is 1. The first-order valence-electron chi connectivity index (χ1n) is 7.65. The first-order chi connectivity index (χ1) is 12.1. The lowest BCUT2D eigenvalue weighted by Gasteiger charge is -2.24. The minimum atomic E-state index is -1.08. The molecule has 0 aromatic heterocycles. The molecule has 1 aliphatic rings. The number of ether oxygens (including phenoxy) is 2. The molecule has 0 bridgehead atoms. The molecule has 3 rings (SSSR count). The summed E-state index contributed by atoms with van der Waals surface area (Å²) < 4.78 is 10.8. The summed E-state index contributed by atoms with van der Waals surface area (Å²) in [6.45, 7) is 0.218. The summed E-state index contributed by atoms with van der Waals surface area (Å²) >= 11 is 1.58. The van der Waals surface area contributed by atoms with Gasteiger partial charge in [0.15, 0.2) is 6.10 Å². The van der Waals surface area contributed by atoms with Crippen LogP contribution in [0.25, 0.3) is 0 Å². The standard InChI is InChI=1S/C18H17NO5S/c1-23-13-7-6-11(8-12(13)18(21)22)9-19-17(20)15-10-25-16-5-3-2-4-14(16)24-15/h2-8,15H,9-10H2,1H3,(H,19,20)(H,21,22). The van der Waals surface area contributed by atoms with E-state index in [0.29, 0.717) is 17.1 Å². The second kappa shape index (κ2) is 7.48. The molecule has 0 radical (unpaired) electrons. The van der Waals surface area contributed by atoms with Gasteiger partial charge in [-0.15, -0.1) is 11.8 Å². The van der Waals surface area contributed by atoms with E-state index in [9.17, 15) is 14.7 Å². The van der Waals surface area contributed by atoms with E-state index in [1.54, 1.807) is 23.9 Å². The molecule has 25 heavy (non-hydrogen) atoms. The van der Waals surface area contributed by atoms with Crippen molar-refractivity contribution in [1.82, 2.24) is 5.32 Å². The van der Waals surface area contributed by atoms with Crippen molar-refractivity contribution < 1.29 is 24.2 Å². The van der Waals surface area contributed by atoms with Crippen molar-refractivity contribution in [2.45, 2.75) is 17.5 Å². The Bertz CT molecular complexity index is 808. The van der Waals surface area contributed by atoms with Crippen LogP contribution in [0, 0.1) is 0 Å². The highest BCUT2D eigenvalue weighted by Gasteiger charge is 2.26. The number of rotatable bonds is 5. The van der Waals surface area contributed by atoms with Crippen LogP contribution in [0.2, 0.25) is 0 Å². The Morgan fingerprint density at radius 1 is 1.32 bits per heavy atom. The zero-order valence-electron chi connectivity index (χ0n) is 13.5. The molecule has 130 valence electrons. The Morgan fingerprint density at radius 2 is 2.12 bits per heavy atom. The Labute approximate surface area is 149 Å². The summed E-state index contributed by atoms with van der Waals surface area (Å²) in [5.74, 6) is 0.220. The van der Waals surface area contributed by atoms with E-state index in [1.807, 2.05) is 24.3 Å². The van der Waals surface area contributed by atoms with E-state index < -0.39 is 12.1 Å². The molecule has 1 heterocycles. The van der Waals surface area contributed by atoms with Crippen molar-refractivity contribution in [2.24, 2.45) is 0 Å². The number of carbonyl (C=O) groups is 2.